The highest BCUT2D eigenvalue weighted by Gasteiger charge is 2.45. The average molecular weight is 447 g/mol. The normalized spacial score (nSPS) is 11.5. The van der Waals surface area contributed by atoms with E-state index in [0.717, 1.165) is 15.4 Å². The van der Waals surface area contributed by atoms with Crippen molar-refractivity contribution in [2.24, 2.45) is 0 Å². The Hall–Kier alpha value is -1.34. The Bertz CT molecular complexity index is 710. The lowest BCUT2D eigenvalue weighted by molar-refractivity contribution is -0.155. The van der Waals surface area contributed by atoms with Gasteiger partial charge in [0, 0.05) is 28.1 Å². The highest BCUT2D eigenvalue weighted by molar-refractivity contribution is 9.11. The zero-order chi connectivity index (χ0) is 17.0. The maximum atomic E-state index is 11.9. The lowest BCUT2D eigenvalue weighted by Crippen LogP contribution is -2.42. The molecule has 0 saturated heterocycles. The number of methoxy groups -OCH3 is 2. The lowest BCUT2D eigenvalue weighted by Gasteiger charge is -2.21. The SMILES string of the molecule is COC(=O)C(Br)(CCCn1ccc2c(Br)cccc21)C(=O)OC. The summed E-state index contributed by atoms with van der Waals surface area (Å²) in [5, 5.41) is 1.12. The Morgan fingerprint density at radius 1 is 1.17 bits per heavy atom. The van der Waals surface area contributed by atoms with Crippen molar-refractivity contribution in [3.8, 4) is 0 Å². The molecule has 0 amide bonds. The van der Waals surface area contributed by atoms with Gasteiger partial charge >= 0.3 is 11.9 Å². The molecule has 0 fully saturated rings. The number of nitrogens with zero attached hydrogens (tertiary/aromatic N) is 1. The Kier molecular flexibility index (Phi) is 5.86. The molecule has 0 bridgehead atoms. The van der Waals surface area contributed by atoms with Gasteiger partial charge in [-0.25, -0.2) is 9.59 Å². The second-order valence-electron chi connectivity index (χ2n) is 5.07. The highest BCUT2D eigenvalue weighted by atomic mass is 79.9. The van der Waals surface area contributed by atoms with E-state index in [0.29, 0.717) is 13.0 Å². The van der Waals surface area contributed by atoms with Crippen molar-refractivity contribution in [3.63, 3.8) is 0 Å². The second-order valence-corrected chi connectivity index (χ2v) is 7.28. The number of aryl methyl sites for hydroxylation is 1. The van der Waals surface area contributed by atoms with E-state index in [4.69, 9.17) is 9.47 Å². The molecule has 2 rings (SSSR count). The van der Waals surface area contributed by atoms with Gasteiger partial charge in [0.2, 0.25) is 4.32 Å². The van der Waals surface area contributed by atoms with Gasteiger partial charge in [0.05, 0.1) is 14.2 Å². The van der Waals surface area contributed by atoms with Crippen LogP contribution >= 0.6 is 31.9 Å². The minimum absolute atomic E-state index is 0.278. The summed E-state index contributed by atoms with van der Waals surface area (Å²) in [6, 6.07) is 8.02. The molecule has 0 spiro atoms. The first-order valence-corrected chi connectivity index (χ1v) is 8.61. The lowest BCUT2D eigenvalue weighted by atomic mass is 10.0. The highest BCUT2D eigenvalue weighted by Crippen LogP contribution is 2.29. The molecule has 0 unspecified atom stereocenters. The van der Waals surface area contributed by atoms with E-state index in [1.54, 1.807) is 0 Å². The number of carbonyl (C=O) groups excluding carboxylic acids is 2. The average Bonchev–Trinajstić information content (AvgIpc) is 2.97. The van der Waals surface area contributed by atoms with Gasteiger partial charge in [-0.3, -0.25) is 0 Å². The number of halogens is 2. The molecule has 0 aliphatic rings. The fourth-order valence-electron chi connectivity index (χ4n) is 2.48. The summed E-state index contributed by atoms with van der Waals surface area (Å²) >= 11 is 6.72. The molecule has 5 nitrogen and oxygen atoms in total. The van der Waals surface area contributed by atoms with Crippen LogP contribution in [-0.4, -0.2) is 35.0 Å². The molecule has 124 valence electrons. The molecule has 1 heterocycles. The summed E-state index contributed by atoms with van der Waals surface area (Å²) in [5.41, 5.74) is 1.09. The number of hydrogen-bond acceptors (Lipinski definition) is 4. The number of ether oxygens (including phenoxy) is 2. The number of aromatic nitrogens is 1. The van der Waals surface area contributed by atoms with E-state index < -0.39 is 16.3 Å². The van der Waals surface area contributed by atoms with Gasteiger partial charge in [-0.15, -0.1) is 0 Å². The molecule has 2 aromatic rings. The Morgan fingerprint density at radius 2 is 1.83 bits per heavy atom. The van der Waals surface area contributed by atoms with Crippen LogP contribution < -0.4 is 0 Å². The predicted molar refractivity (Wildman–Crippen MR) is 94.6 cm³/mol. The van der Waals surface area contributed by atoms with Gasteiger partial charge in [0.25, 0.3) is 0 Å². The summed E-state index contributed by atoms with van der Waals surface area (Å²) in [6.45, 7) is 0.668. The predicted octanol–water partition coefficient (Wildman–Crippen LogP) is 3.66. The third-order valence-electron chi connectivity index (χ3n) is 3.70. The molecule has 23 heavy (non-hydrogen) atoms. The van der Waals surface area contributed by atoms with Gasteiger partial charge in [-0.05, 0) is 31.0 Å². The smallest absolute Gasteiger partial charge is 0.334 e. The van der Waals surface area contributed by atoms with Gasteiger partial charge in [-0.2, -0.15) is 0 Å². The van der Waals surface area contributed by atoms with Crippen molar-refractivity contribution in [2.45, 2.75) is 23.7 Å². The molecular formula is C16H17Br2NO4. The number of hydrogen-bond donors (Lipinski definition) is 0. The standard InChI is InChI=1S/C16H17Br2NO4/c1-22-14(20)16(18,15(21)23-2)8-4-9-19-10-7-11-12(17)5-3-6-13(11)19/h3,5-7,10H,4,8-9H2,1-2H3. The van der Waals surface area contributed by atoms with Crippen LogP contribution in [0, 0.1) is 0 Å². The molecule has 0 aliphatic heterocycles. The van der Waals surface area contributed by atoms with Crippen LogP contribution in [0.25, 0.3) is 10.9 Å². The van der Waals surface area contributed by atoms with Crippen molar-refractivity contribution in [1.29, 1.82) is 0 Å². The third kappa shape index (κ3) is 3.61. The van der Waals surface area contributed by atoms with Crippen LogP contribution in [0.2, 0.25) is 0 Å². The Balaban J connectivity index is 2.11. The first-order chi connectivity index (χ1) is 10.9. The van der Waals surface area contributed by atoms with Crippen molar-refractivity contribution >= 4 is 54.7 Å². The van der Waals surface area contributed by atoms with Gasteiger partial charge in [-0.1, -0.05) is 37.9 Å². The van der Waals surface area contributed by atoms with Crippen LogP contribution in [-0.2, 0) is 25.6 Å². The molecule has 0 aliphatic carbocycles. The molecule has 1 aromatic carbocycles. The molecule has 0 saturated carbocycles. The number of alkyl halides is 1. The van der Waals surface area contributed by atoms with E-state index in [9.17, 15) is 9.59 Å². The van der Waals surface area contributed by atoms with Crippen molar-refractivity contribution < 1.29 is 19.1 Å². The summed E-state index contributed by atoms with van der Waals surface area (Å²) in [5.74, 6) is -1.30. The molecule has 0 radical (unpaired) electrons. The third-order valence-corrected chi connectivity index (χ3v) is 5.43. The van der Waals surface area contributed by atoms with E-state index in [1.807, 2.05) is 30.5 Å². The maximum Gasteiger partial charge on any atom is 0.334 e. The topological polar surface area (TPSA) is 57.5 Å². The maximum absolute atomic E-state index is 11.9. The second kappa shape index (κ2) is 7.49. The monoisotopic (exact) mass is 445 g/mol. The molecule has 0 atom stereocenters. The zero-order valence-corrected chi connectivity index (χ0v) is 16.0. The van der Waals surface area contributed by atoms with E-state index in [2.05, 4.69) is 36.4 Å². The van der Waals surface area contributed by atoms with Crippen molar-refractivity contribution in [1.82, 2.24) is 4.57 Å². The van der Waals surface area contributed by atoms with Gasteiger partial charge in [0.15, 0.2) is 0 Å². The first kappa shape index (κ1) is 18.0. The quantitative estimate of drug-likeness (QED) is 0.386. The summed E-state index contributed by atoms with van der Waals surface area (Å²) < 4.78 is 11.1. The summed E-state index contributed by atoms with van der Waals surface area (Å²) in [6.07, 6.45) is 2.87. The van der Waals surface area contributed by atoms with Gasteiger partial charge < -0.3 is 14.0 Å². The zero-order valence-electron chi connectivity index (χ0n) is 12.8. The minimum Gasteiger partial charge on any atom is -0.468 e. The number of fused-ring (bicyclic) bond motifs is 1. The number of rotatable bonds is 6. The fourth-order valence-corrected chi connectivity index (χ4v) is 3.58. The summed E-state index contributed by atoms with van der Waals surface area (Å²) in [7, 11) is 2.50. The van der Waals surface area contributed by atoms with Gasteiger partial charge in [0.1, 0.15) is 0 Å². The fraction of sp³-hybridized carbons (Fsp3) is 0.375. The molecule has 1 aromatic heterocycles. The molecular weight excluding hydrogens is 430 g/mol. The number of esters is 2. The number of carbonyl (C=O) groups is 2. The van der Waals surface area contributed by atoms with E-state index >= 15 is 0 Å². The first-order valence-electron chi connectivity index (χ1n) is 7.03. The van der Waals surface area contributed by atoms with Crippen LogP contribution in [0.4, 0.5) is 0 Å². The molecule has 0 N–H and O–H groups in total. The van der Waals surface area contributed by atoms with Crippen molar-refractivity contribution in [2.75, 3.05) is 14.2 Å². The van der Waals surface area contributed by atoms with Crippen LogP contribution in [0.1, 0.15) is 12.8 Å². The van der Waals surface area contributed by atoms with E-state index in [1.165, 1.54) is 14.2 Å². The van der Waals surface area contributed by atoms with Crippen LogP contribution in [0.5, 0.6) is 0 Å². The van der Waals surface area contributed by atoms with E-state index in [-0.39, 0.29) is 6.42 Å². The van der Waals surface area contributed by atoms with Crippen LogP contribution in [0.15, 0.2) is 34.9 Å². The summed E-state index contributed by atoms with van der Waals surface area (Å²) in [4.78, 5) is 23.8. The Morgan fingerprint density at radius 3 is 2.43 bits per heavy atom. The largest absolute Gasteiger partial charge is 0.468 e. The van der Waals surface area contributed by atoms with Crippen molar-refractivity contribution in [3.05, 3.63) is 34.9 Å². The molecule has 7 heteroatoms. The van der Waals surface area contributed by atoms with Crippen LogP contribution in [0.3, 0.4) is 0 Å². The Labute approximate surface area is 151 Å². The number of benzene rings is 1. The minimum atomic E-state index is -1.46.